The Labute approximate surface area is 96.1 Å². The average Bonchev–Trinajstić information content (AvgIpc) is 2.20. The van der Waals surface area contributed by atoms with Gasteiger partial charge < -0.3 is 10.2 Å². The zero-order chi connectivity index (χ0) is 11.8. The molecule has 16 heavy (non-hydrogen) atoms. The molecule has 0 aromatic heterocycles. The molecule has 2 unspecified atom stereocenters. The zero-order valence-electron chi connectivity index (χ0n) is 9.48. The smallest absolute Gasteiger partial charge is 0.239 e. The van der Waals surface area contributed by atoms with E-state index in [2.05, 4.69) is 5.32 Å². The van der Waals surface area contributed by atoms with Crippen molar-refractivity contribution in [3.8, 4) is 0 Å². The second-order valence-corrected chi connectivity index (χ2v) is 6.85. The summed E-state index contributed by atoms with van der Waals surface area (Å²) in [6.07, 6.45) is 1.50. The monoisotopic (exact) mass is 246 g/mol. The normalized spacial score (nSPS) is 35.1. The Morgan fingerprint density at radius 3 is 2.88 bits per heavy atom. The van der Waals surface area contributed by atoms with Crippen molar-refractivity contribution in [1.29, 1.82) is 0 Å². The molecule has 2 atom stereocenters. The summed E-state index contributed by atoms with van der Waals surface area (Å²) in [6, 6.07) is -0.283. The van der Waals surface area contributed by atoms with Gasteiger partial charge in [-0.2, -0.15) is 0 Å². The summed E-state index contributed by atoms with van der Waals surface area (Å²) in [4.78, 5) is 13.7. The maximum absolute atomic E-state index is 11.9. The zero-order valence-corrected chi connectivity index (χ0v) is 10.3. The van der Waals surface area contributed by atoms with Crippen LogP contribution in [0.3, 0.4) is 0 Å². The minimum Gasteiger partial charge on any atom is -0.336 e. The van der Waals surface area contributed by atoms with Crippen LogP contribution in [0.25, 0.3) is 0 Å². The van der Waals surface area contributed by atoms with E-state index in [0.717, 1.165) is 13.0 Å². The second kappa shape index (κ2) is 4.33. The Bertz CT molecular complexity index is 380. The van der Waals surface area contributed by atoms with E-state index in [0.29, 0.717) is 13.0 Å². The van der Waals surface area contributed by atoms with Crippen molar-refractivity contribution >= 4 is 15.7 Å². The maximum Gasteiger partial charge on any atom is 0.239 e. The summed E-state index contributed by atoms with van der Waals surface area (Å²) in [5.41, 5.74) is 0. The molecule has 0 saturated carbocycles. The number of hydrogen-bond donors (Lipinski definition) is 1. The first-order valence-electron chi connectivity index (χ1n) is 5.74. The predicted octanol–water partition coefficient (Wildman–Crippen LogP) is -0.616. The van der Waals surface area contributed by atoms with Gasteiger partial charge in [-0.15, -0.1) is 0 Å². The molecule has 0 aromatic rings. The lowest BCUT2D eigenvalue weighted by Gasteiger charge is -2.39. The summed E-state index contributed by atoms with van der Waals surface area (Å²) >= 11 is 0. The van der Waals surface area contributed by atoms with E-state index in [-0.39, 0.29) is 29.5 Å². The van der Waals surface area contributed by atoms with Crippen molar-refractivity contribution in [2.24, 2.45) is 0 Å². The van der Waals surface area contributed by atoms with Crippen molar-refractivity contribution in [2.75, 3.05) is 24.6 Å². The van der Waals surface area contributed by atoms with Crippen molar-refractivity contribution in [3.63, 3.8) is 0 Å². The highest BCUT2D eigenvalue weighted by atomic mass is 32.2. The molecule has 2 saturated heterocycles. The highest BCUT2D eigenvalue weighted by Gasteiger charge is 2.35. The fourth-order valence-corrected chi connectivity index (χ4v) is 4.16. The Hall–Kier alpha value is -0.620. The lowest BCUT2D eigenvalue weighted by molar-refractivity contribution is -0.137. The molecule has 0 aliphatic carbocycles. The molecule has 0 aromatic carbocycles. The quantitative estimate of drug-likeness (QED) is 0.670. The van der Waals surface area contributed by atoms with Gasteiger partial charge in [0.05, 0.1) is 17.5 Å². The number of piperazine rings is 1. The van der Waals surface area contributed by atoms with Crippen molar-refractivity contribution < 1.29 is 13.2 Å². The van der Waals surface area contributed by atoms with Crippen molar-refractivity contribution in [3.05, 3.63) is 0 Å². The minimum atomic E-state index is -2.94. The Kier molecular flexibility index (Phi) is 3.21. The van der Waals surface area contributed by atoms with Gasteiger partial charge in [0.1, 0.15) is 0 Å². The van der Waals surface area contributed by atoms with Gasteiger partial charge in [-0.3, -0.25) is 4.79 Å². The molecule has 1 N–H and O–H groups in total. The molecule has 2 aliphatic heterocycles. The van der Waals surface area contributed by atoms with Crippen LogP contribution in [-0.4, -0.2) is 55.9 Å². The summed E-state index contributed by atoms with van der Waals surface area (Å²) in [7, 11) is -2.94. The molecule has 0 radical (unpaired) electrons. The lowest BCUT2D eigenvalue weighted by Crippen LogP contribution is -2.59. The third-order valence-corrected chi connectivity index (χ3v) is 5.14. The highest BCUT2D eigenvalue weighted by Crippen LogP contribution is 2.19. The van der Waals surface area contributed by atoms with Crippen LogP contribution in [-0.2, 0) is 14.6 Å². The molecule has 2 rings (SSSR count). The van der Waals surface area contributed by atoms with Crippen LogP contribution in [0, 0.1) is 0 Å². The first kappa shape index (κ1) is 11.9. The van der Waals surface area contributed by atoms with Gasteiger partial charge in [0.2, 0.25) is 5.91 Å². The van der Waals surface area contributed by atoms with E-state index in [9.17, 15) is 13.2 Å². The van der Waals surface area contributed by atoms with Gasteiger partial charge in [0, 0.05) is 19.1 Å². The van der Waals surface area contributed by atoms with Crippen LogP contribution < -0.4 is 5.32 Å². The summed E-state index contributed by atoms with van der Waals surface area (Å²) < 4.78 is 23.1. The number of rotatable bonds is 1. The van der Waals surface area contributed by atoms with E-state index in [1.165, 1.54) is 0 Å². The molecule has 2 heterocycles. The van der Waals surface area contributed by atoms with Gasteiger partial charge in [-0.1, -0.05) is 0 Å². The van der Waals surface area contributed by atoms with Crippen LogP contribution in [0.4, 0.5) is 0 Å². The molecule has 6 heteroatoms. The fraction of sp³-hybridized carbons (Fsp3) is 0.900. The maximum atomic E-state index is 11.9. The van der Waals surface area contributed by atoms with Crippen LogP contribution in [0.15, 0.2) is 0 Å². The predicted molar refractivity (Wildman–Crippen MR) is 60.9 cm³/mol. The van der Waals surface area contributed by atoms with Crippen LogP contribution in [0.2, 0.25) is 0 Å². The third-order valence-electron chi connectivity index (χ3n) is 3.34. The van der Waals surface area contributed by atoms with Gasteiger partial charge in [-0.05, 0) is 19.8 Å². The number of carbonyl (C=O) groups excluding carboxylic acids is 1. The summed E-state index contributed by atoms with van der Waals surface area (Å²) in [6.45, 7) is 3.21. The minimum absolute atomic E-state index is 0.0355. The number of nitrogens with one attached hydrogen (secondary N) is 1. The van der Waals surface area contributed by atoms with Crippen molar-refractivity contribution in [2.45, 2.75) is 31.8 Å². The van der Waals surface area contributed by atoms with E-state index in [4.69, 9.17) is 0 Å². The van der Waals surface area contributed by atoms with Gasteiger partial charge in [0.15, 0.2) is 9.84 Å². The van der Waals surface area contributed by atoms with Gasteiger partial charge in [-0.25, -0.2) is 8.42 Å². The van der Waals surface area contributed by atoms with Crippen molar-refractivity contribution in [1.82, 2.24) is 10.2 Å². The third kappa shape index (κ3) is 2.38. The molecule has 2 aliphatic rings. The second-order valence-electron chi connectivity index (χ2n) is 4.62. The summed E-state index contributed by atoms with van der Waals surface area (Å²) in [5, 5.41) is 3.08. The van der Waals surface area contributed by atoms with E-state index in [1.54, 1.807) is 4.90 Å². The molecule has 92 valence electrons. The Morgan fingerprint density at radius 2 is 2.19 bits per heavy atom. The molecular weight excluding hydrogens is 228 g/mol. The fourth-order valence-electron chi connectivity index (χ4n) is 2.45. The molecule has 0 bridgehead atoms. The summed E-state index contributed by atoms with van der Waals surface area (Å²) in [5.74, 6) is 0.457. The number of sulfone groups is 1. The first-order chi connectivity index (χ1) is 7.49. The number of nitrogens with zero attached hydrogens (tertiary/aromatic N) is 1. The number of carbonyl (C=O) groups is 1. The van der Waals surface area contributed by atoms with Crippen LogP contribution in [0.1, 0.15) is 19.8 Å². The Balaban J connectivity index is 2.09. The Morgan fingerprint density at radius 1 is 1.44 bits per heavy atom. The standard InChI is InChI=1S/C10H18N2O3S/c1-8-10(13)12(5-4-11-8)9-3-2-6-16(14,15)7-9/h8-9,11H,2-7H2,1H3. The first-order valence-corrected chi connectivity index (χ1v) is 7.56. The number of amides is 1. The van der Waals surface area contributed by atoms with Gasteiger partial charge >= 0.3 is 0 Å². The molecule has 5 nitrogen and oxygen atoms in total. The highest BCUT2D eigenvalue weighted by molar-refractivity contribution is 7.91. The molecule has 1 amide bonds. The van der Waals surface area contributed by atoms with Gasteiger partial charge in [0.25, 0.3) is 0 Å². The molecular formula is C10H18N2O3S. The SMILES string of the molecule is CC1NCCN(C2CCCS(=O)(=O)C2)C1=O. The van der Waals surface area contributed by atoms with E-state index in [1.807, 2.05) is 6.92 Å². The largest absolute Gasteiger partial charge is 0.336 e. The number of hydrogen-bond acceptors (Lipinski definition) is 4. The van der Waals surface area contributed by atoms with Crippen LogP contribution >= 0.6 is 0 Å². The van der Waals surface area contributed by atoms with E-state index >= 15 is 0 Å². The topological polar surface area (TPSA) is 66.5 Å². The molecule has 2 fully saturated rings. The average molecular weight is 246 g/mol. The lowest BCUT2D eigenvalue weighted by atomic mass is 10.1. The molecule has 0 spiro atoms. The van der Waals surface area contributed by atoms with E-state index < -0.39 is 9.84 Å². The van der Waals surface area contributed by atoms with Crippen LogP contribution in [0.5, 0.6) is 0 Å².